The highest BCUT2D eigenvalue weighted by Gasteiger charge is 2.25. The third-order valence-electron chi connectivity index (χ3n) is 4.22. The average molecular weight is 286 g/mol. The van der Waals surface area contributed by atoms with E-state index in [0.29, 0.717) is 11.5 Å². The van der Waals surface area contributed by atoms with Gasteiger partial charge in [-0.25, -0.2) is 0 Å². The van der Waals surface area contributed by atoms with Crippen LogP contribution in [-0.4, -0.2) is 24.2 Å². The summed E-state index contributed by atoms with van der Waals surface area (Å²) in [6, 6.07) is 7.61. The quantitative estimate of drug-likeness (QED) is 0.888. The van der Waals surface area contributed by atoms with Crippen molar-refractivity contribution >= 4 is 10.8 Å². The highest BCUT2D eigenvalue weighted by atomic mass is 16.5. The Morgan fingerprint density at radius 3 is 3.10 bits per heavy atom. The molecule has 1 aromatic carbocycles. The summed E-state index contributed by atoms with van der Waals surface area (Å²) >= 11 is 0. The molecule has 0 radical (unpaired) electrons. The third-order valence-corrected chi connectivity index (χ3v) is 4.22. The standard InChI is InChI=1S/C17H22N2O2/c1-2-18-11-12-3-4-14(9-12)21-15-5-6-16-13(10-15)7-8-19-17(16)20/h5-8,10,12,14,18H,2-4,9,11H2,1H3,(H,19,20)/t12-,14-/m0/s1. The molecule has 0 spiro atoms. The normalized spacial score (nSPS) is 21.8. The van der Waals surface area contributed by atoms with E-state index in [-0.39, 0.29) is 5.56 Å². The Morgan fingerprint density at radius 1 is 1.33 bits per heavy atom. The smallest absolute Gasteiger partial charge is 0.255 e. The van der Waals surface area contributed by atoms with Crippen LogP contribution in [0, 0.1) is 5.92 Å². The summed E-state index contributed by atoms with van der Waals surface area (Å²) in [5.41, 5.74) is -0.0504. The second-order valence-electron chi connectivity index (χ2n) is 5.78. The summed E-state index contributed by atoms with van der Waals surface area (Å²) in [4.78, 5) is 14.4. The summed E-state index contributed by atoms with van der Waals surface area (Å²) in [5.74, 6) is 1.58. The van der Waals surface area contributed by atoms with Crippen LogP contribution in [0.2, 0.25) is 0 Å². The van der Waals surface area contributed by atoms with Crippen LogP contribution in [0.25, 0.3) is 10.8 Å². The van der Waals surface area contributed by atoms with E-state index < -0.39 is 0 Å². The summed E-state index contributed by atoms with van der Waals surface area (Å²) < 4.78 is 6.09. The van der Waals surface area contributed by atoms with Crippen molar-refractivity contribution in [1.82, 2.24) is 10.3 Å². The molecule has 2 atom stereocenters. The molecule has 0 saturated heterocycles. The molecule has 2 aromatic rings. The highest BCUT2D eigenvalue weighted by Crippen LogP contribution is 2.29. The lowest BCUT2D eigenvalue weighted by Gasteiger charge is -2.15. The number of aromatic nitrogens is 1. The van der Waals surface area contributed by atoms with Gasteiger partial charge in [-0.3, -0.25) is 4.79 Å². The lowest BCUT2D eigenvalue weighted by Crippen LogP contribution is -2.22. The maximum atomic E-state index is 11.7. The largest absolute Gasteiger partial charge is 0.490 e. The first-order chi connectivity index (χ1) is 10.3. The highest BCUT2D eigenvalue weighted by molar-refractivity contribution is 5.82. The number of benzene rings is 1. The van der Waals surface area contributed by atoms with E-state index in [2.05, 4.69) is 17.2 Å². The van der Waals surface area contributed by atoms with Crippen molar-refractivity contribution in [2.75, 3.05) is 13.1 Å². The van der Waals surface area contributed by atoms with Gasteiger partial charge in [0.15, 0.2) is 0 Å². The van der Waals surface area contributed by atoms with Crippen molar-refractivity contribution in [2.24, 2.45) is 5.92 Å². The second kappa shape index (κ2) is 6.31. The van der Waals surface area contributed by atoms with Crippen LogP contribution in [0.4, 0.5) is 0 Å². The topological polar surface area (TPSA) is 54.1 Å². The van der Waals surface area contributed by atoms with Gasteiger partial charge in [-0.2, -0.15) is 0 Å². The van der Waals surface area contributed by atoms with Crippen LogP contribution in [0.3, 0.4) is 0 Å². The molecule has 0 amide bonds. The molecule has 0 bridgehead atoms. The maximum absolute atomic E-state index is 11.7. The van der Waals surface area contributed by atoms with Gasteiger partial charge < -0.3 is 15.0 Å². The van der Waals surface area contributed by atoms with Crippen LogP contribution in [0.15, 0.2) is 35.3 Å². The molecule has 1 aliphatic carbocycles. The van der Waals surface area contributed by atoms with Crippen molar-refractivity contribution in [2.45, 2.75) is 32.3 Å². The first-order valence-corrected chi connectivity index (χ1v) is 7.75. The van der Waals surface area contributed by atoms with Crippen molar-refractivity contribution in [1.29, 1.82) is 0 Å². The Morgan fingerprint density at radius 2 is 2.24 bits per heavy atom. The number of pyridine rings is 1. The minimum atomic E-state index is -0.0504. The number of fused-ring (bicyclic) bond motifs is 1. The zero-order chi connectivity index (χ0) is 14.7. The molecule has 112 valence electrons. The number of aromatic amines is 1. The van der Waals surface area contributed by atoms with Crippen molar-refractivity contribution in [3.63, 3.8) is 0 Å². The van der Waals surface area contributed by atoms with E-state index in [4.69, 9.17) is 4.74 Å². The van der Waals surface area contributed by atoms with E-state index >= 15 is 0 Å². The lowest BCUT2D eigenvalue weighted by atomic mass is 10.1. The van der Waals surface area contributed by atoms with E-state index in [1.807, 2.05) is 24.3 Å². The summed E-state index contributed by atoms with van der Waals surface area (Å²) in [5, 5.41) is 5.05. The Hall–Kier alpha value is -1.81. The molecule has 2 N–H and O–H groups in total. The van der Waals surface area contributed by atoms with Gasteiger partial charge in [0.2, 0.25) is 0 Å². The average Bonchev–Trinajstić information content (AvgIpc) is 2.93. The molecule has 4 nitrogen and oxygen atoms in total. The summed E-state index contributed by atoms with van der Waals surface area (Å²) in [7, 11) is 0. The van der Waals surface area contributed by atoms with Gasteiger partial charge in [-0.15, -0.1) is 0 Å². The van der Waals surface area contributed by atoms with Crippen molar-refractivity contribution < 1.29 is 4.74 Å². The van der Waals surface area contributed by atoms with Crippen LogP contribution < -0.4 is 15.6 Å². The second-order valence-corrected chi connectivity index (χ2v) is 5.78. The van der Waals surface area contributed by atoms with Gasteiger partial charge in [0.05, 0.1) is 6.10 Å². The van der Waals surface area contributed by atoms with E-state index in [1.165, 1.54) is 6.42 Å². The summed E-state index contributed by atoms with van der Waals surface area (Å²) in [6.45, 7) is 4.25. The molecule has 1 aliphatic rings. The minimum Gasteiger partial charge on any atom is -0.490 e. The Kier molecular flexibility index (Phi) is 4.25. The summed E-state index contributed by atoms with van der Waals surface area (Å²) in [6.07, 6.45) is 5.43. The number of H-pyrrole nitrogens is 1. The Balaban J connectivity index is 1.67. The Labute approximate surface area is 124 Å². The minimum absolute atomic E-state index is 0.0504. The van der Waals surface area contributed by atoms with Crippen molar-refractivity contribution in [3.8, 4) is 5.75 Å². The van der Waals surface area contributed by atoms with E-state index in [0.717, 1.165) is 43.0 Å². The number of nitrogens with one attached hydrogen (secondary N) is 2. The number of ether oxygens (including phenoxy) is 1. The molecule has 1 fully saturated rings. The zero-order valence-electron chi connectivity index (χ0n) is 12.4. The number of hydrogen-bond donors (Lipinski definition) is 2. The molecule has 4 heteroatoms. The molecule has 3 rings (SSSR count). The fraction of sp³-hybridized carbons (Fsp3) is 0.471. The molecule has 1 heterocycles. The third kappa shape index (κ3) is 3.27. The number of hydrogen-bond acceptors (Lipinski definition) is 3. The van der Waals surface area contributed by atoms with Crippen molar-refractivity contribution in [3.05, 3.63) is 40.8 Å². The molecular formula is C17H22N2O2. The van der Waals surface area contributed by atoms with Crippen LogP contribution in [0.5, 0.6) is 5.75 Å². The SMILES string of the molecule is CCNC[C@H]1CC[C@H](Oc2ccc3c(=O)[nH]ccc3c2)C1. The van der Waals surface area contributed by atoms with Gasteiger partial charge in [-0.05, 0) is 67.9 Å². The van der Waals surface area contributed by atoms with Gasteiger partial charge in [0, 0.05) is 11.6 Å². The Bertz CT molecular complexity index is 665. The van der Waals surface area contributed by atoms with Gasteiger partial charge in [0.25, 0.3) is 5.56 Å². The zero-order valence-corrected chi connectivity index (χ0v) is 12.4. The predicted octanol–water partition coefficient (Wildman–Crippen LogP) is 2.69. The van der Waals surface area contributed by atoms with Gasteiger partial charge in [0.1, 0.15) is 5.75 Å². The van der Waals surface area contributed by atoms with Gasteiger partial charge >= 0.3 is 0 Å². The first kappa shape index (κ1) is 14.1. The fourth-order valence-electron chi connectivity index (χ4n) is 3.11. The monoisotopic (exact) mass is 286 g/mol. The van der Waals surface area contributed by atoms with Crippen LogP contribution in [-0.2, 0) is 0 Å². The maximum Gasteiger partial charge on any atom is 0.255 e. The molecule has 21 heavy (non-hydrogen) atoms. The van der Waals surface area contributed by atoms with E-state index in [9.17, 15) is 4.79 Å². The lowest BCUT2D eigenvalue weighted by molar-refractivity contribution is 0.204. The molecule has 1 saturated carbocycles. The van der Waals surface area contributed by atoms with Gasteiger partial charge in [-0.1, -0.05) is 6.92 Å². The van der Waals surface area contributed by atoms with Crippen LogP contribution >= 0.6 is 0 Å². The molecule has 0 aliphatic heterocycles. The predicted molar refractivity (Wildman–Crippen MR) is 84.9 cm³/mol. The molecular weight excluding hydrogens is 264 g/mol. The molecule has 0 unspecified atom stereocenters. The first-order valence-electron chi connectivity index (χ1n) is 7.75. The molecule has 1 aromatic heterocycles. The van der Waals surface area contributed by atoms with E-state index in [1.54, 1.807) is 6.20 Å². The number of rotatable bonds is 5. The fourth-order valence-corrected chi connectivity index (χ4v) is 3.11. The van der Waals surface area contributed by atoms with Crippen LogP contribution in [0.1, 0.15) is 26.2 Å².